The summed E-state index contributed by atoms with van der Waals surface area (Å²) in [5.74, 6) is 1.33. The molecule has 1 atom stereocenters. The lowest BCUT2D eigenvalue weighted by Crippen LogP contribution is -2.41. The van der Waals surface area contributed by atoms with Gasteiger partial charge in [-0.1, -0.05) is 48.0 Å². The van der Waals surface area contributed by atoms with Crippen LogP contribution in [0.4, 0.5) is 5.69 Å². The molecule has 1 N–H and O–H groups in total. The van der Waals surface area contributed by atoms with Crippen LogP contribution in [0.3, 0.4) is 0 Å². The molecule has 1 aliphatic heterocycles. The van der Waals surface area contributed by atoms with E-state index < -0.39 is 0 Å². The molecule has 1 amide bonds. The number of hydrogen-bond donors (Lipinski definition) is 1. The minimum Gasteiger partial charge on any atom is -0.493 e. The van der Waals surface area contributed by atoms with Crippen LogP contribution in [0.1, 0.15) is 22.7 Å². The maximum atomic E-state index is 12.9. The van der Waals surface area contributed by atoms with Crippen molar-refractivity contribution >= 4 is 23.2 Å². The molecule has 160 valence electrons. The number of benzene rings is 3. The average molecular weight is 437 g/mol. The van der Waals surface area contributed by atoms with Crippen LogP contribution in [-0.4, -0.2) is 38.1 Å². The van der Waals surface area contributed by atoms with Gasteiger partial charge in [-0.25, -0.2) is 0 Å². The average Bonchev–Trinajstić information content (AvgIpc) is 2.78. The highest BCUT2D eigenvalue weighted by Gasteiger charge is 2.31. The summed E-state index contributed by atoms with van der Waals surface area (Å²) in [6.07, 6.45) is 0.823. The standard InChI is InChI=1S/C25H25ClN2O3/c1-30-22-13-18-11-12-28(16-24(29)27-20-10-6-9-19(26)14-20)25(17-7-4-3-5-8-17)21(18)15-23(22)31-2/h3-10,13-15,25H,11-12,16H2,1-2H3,(H,27,29). The predicted octanol–water partition coefficient (Wildman–Crippen LogP) is 4.94. The third-order valence-electron chi connectivity index (χ3n) is 5.54. The molecule has 3 aromatic carbocycles. The highest BCUT2D eigenvalue weighted by molar-refractivity contribution is 6.30. The Kier molecular flexibility index (Phi) is 6.44. The van der Waals surface area contributed by atoms with Crippen LogP contribution in [-0.2, 0) is 11.2 Å². The Balaban J connectivity index is 1.65. The van der Waals surface area contributed by atoms with Gasteiger partial charge in [0.15, 0.2) is 11.5 Å². The lowest BCUT2D eigenvalue weighted by atomic mass is 9.87. The summed E-state index contributed by atoms with van der Waals surface area (Å²) in [4.78, 5) is 15.1. The highest BCUT2D eigenvalue weighted by Crippen LogP contribution is 2.40. The fraction of sp³-hybridized carbons (Fsp3) is 0.240. The van der Waals surface area contributed by atoms with Gasteiger partial charge in [0.2, 0.25) is 5.91 Å². The van der Waals surface area contributed by atoms with Gasteiger partial charge in [-0.2, -0.15) is 0 Å². The van der Waals surface area contributed by atoms with E-state index in [-0.39, 0.29) is 18.5 Å². The number of methoxy groups -OCH3 is 2. The van der Waals surface area contributed by atoms with E-state index in [1.165, 1.54) is 5.56 Å². The van der Waals surface area contributed by atoms with Gasteiger partial charge in [0.1, 0.15) is 0 Å². The van der Waals surface area contributed by atoms with Crippen molar-refractivity contribution in [1.29, 1.82) is 0 Å². The van der Waals surface area contributed by atoms with Gasteiger partial charge >= 0.3 is 0 Å². The van der Waals surface area contributed by atoms with E-state index in [1.807, 2.05) is 42.5 Å². The molecule has 0 bridgehead atoms. The van der Waals surface area contributed by atoms with E-state index >= 15 is 0 Å². The van der Waals surface area contributed by atoms with Crippen molar-refractivity contribution in [1.82, 2.24) is 4.90 Å². The molecule has 0 aliphatic carbocycles. The number of hydrogen-bond acceptors (Lipinski definition) is 4. The van der Waals surface area contributed by atoms with Crippen molar-refractivity contribution in [3.8, 4) is 11.5 Å². The summed E-state index contributed by atoms with van der Waals surface area (Å²) in [7, 11) is 3.29. The molecule has 3 aromatic rings. The molecule has 31 heavy (non-hydrogen) atoms. The van der Waals surface area contributed by atoms with E-state index in [0.717, 1.165) is 29.8 Å². The van der Waals surface area contributed by atoms with Crippen LogP contribution in [0.15, 0.2) is 66.7 Å². The number of carbonyl (C=O) groups excluding carboxylic acids is 1. The van der Waals surface area contributed by atoms with E-state index in [1.54, 1.807) is 26.4 Å². The van der Waals surface area contributed by atoms with Gasteiger partial charge in [0, 0.05) is 17.3 Å². The summed E-state index contributed by atoms with van der Waals surface area (Å²) in [5, 5.41) is 3.55. The van der Waals surface area contributed by atoms with Crippen LogP contribution < -0.4 is 14.8 Å². The Morgan fingerprint density at radius 3 is 2.48 bits per heavy atom. The maximum absolute atomic E-state index is 12.9. The number of nitrogens with one attached hydrogen (secondary N) is 1. The topological polar surface area (TPSA) is 50.8 Å². The number of fused-ring (bicyclic) bond motifs is 1. The zero-order valence-electron chi connectivity index (χ0n) is 17.6. The van der Waals surface area contributed by atoms with Crippen molar-refractivity contribution < 1.29 is 14.3 Å². The number of amides is 1. The largest absolute Gasteiger partial charge is 0.493 e. The van der Waals surface area contributed by atoms with Crippen LogP contribution >= 0.6 is 11.6 Å². The SMILES string of the molecule is COc1cc2c(cc1OC)C(c1ccccc1)N(CC(=O)Nc1cccc(Cl)c1)CC2. The molecule has 1 aliphatic rings. The summed E-state index contributed by atoms with van der Waals surface area (Å²) < 4.78 is 11.1. The summed E-state index contributed by atoms with van der Waals surface area (Å²) >= 11 is 6.05. The highest BCUT2D eigenvalue weighted by atomic mass is 35.5. The summed E-state index contributed by atoms with van der Waals surface area (Å²) in [5.41, 5.74) is 4.16. The van der Waals surface area contributed by atoms with Gasteiger partial charge < -0.3 is 14.8 Å². The Morgan fingerprint density at radius 1 is 1.03 bits per heavy atom. The number of rotatable bonds is 6. The first-order chi connectivity index (χ1) is 15.1. The number of halogens is 1. The Morgan fingerprint density at radius 2 is 1.77 bits per heavy atom. The summed E-state index contributed by atoms with van der Waals surface area (Å²) in [6, 6.07) is 21.4. The monoisotopic (exact) mass is 436 g/mol. The Labute approximate surface area is 187 Å². The van der Waals surface area contributed by atoms with Crippen LogP contribution in [0.2, 0.25) is 5.02 Å². The van der Waals surface area contributed by atoms with Crippen molar-refractivity contribution in [3.05, 3.63) is 88.4 Å². The second kappa shape index (κ2) is 9.41. The predicted molar refractivity (Wildman–Crippen MR) is 123 cm³/mol. The first-order valence-corrected chi connectivity index (χ1v) is 10.6. The van der Waals surface area contributed by atoms with Crippen LogP contribution in [0, 0.1) is 0 Å². The second-order valence-corrected chi connectivity index (χ2v) is 7.93. The molecule has 1 heterocycles. The molecule has 1 unspecified atom stereocenters. The third-order valence-corrected chi connectivity index (χ3v) is 5.78. The van der Waals surface area contributed by atoms with E-state index in [0.29, 0.717) is 16.5 Å². The lowest BCUT2D eigenvalue weighted by Gasteiger charge is -2.37. The molecule has 0 spiro atoms. The van der Waals surface area contributed by atoms with Crippen molar-refractivity contribution in [2.75, 3.05) is 32.6 Å². The maximum Gasteiger partial charge on any atom is 0.238 e. The number of ether oxygens (including phenoxy) is 2. The number of anilines is 1. The fourth-order valence-electron chi connectivity index (χ4n) is 4.14. The van der Waals surface area contributed by atoms with Crippen molar-refractivity contribution in [2.45, 2.75) is 12.5 Å². The normalized spacial score (nSPS) is 15.8. The zero-order chi connectivity index (χ0) is 21.8. The van der Waals surface area contributed by atoms with Gasteiger partial charge in [0.25, 0.3) is 0 Å². The van der Waals surface area contributed by atoms with E-state index in [4.69, 9.17) is 21.1 Å². The molecule has 0 fully saturated rings. The minimum atomic E-state index is -0.0767. The van der Waals surface area contributed by atoms with Gasteiger partial charge in [0.05, 0.1) is 26.8 Å². The molecule has 0 saturated heterocycles. The molecule has 0 aromatic heterocycles. The zero-order valence-corrected chi connectivity index (χ0v) is 18.4. The van der Waals surface area contributed by atoms with Crippen LogP contribution in [0.25, 0.3) is 0 Å². The van der Waals surface area contributed by atoms with E-state index in [2.05, 4.69) is 22.3 Å². The first kappa shape index (κ1) is 21.2. The fourth-order valence-corrected chi connectivity index (χ4v) is 4.34. The molecule has 0 saturated carbocycles. The smallest absolute Gasteiger partial charge is 0.238 e. The Hall–Kier alpha value is -3.02. The summed E-state index contributed by atoms with van der Waals surface area (Å²) in [6.45, 7) is 1.02. The minimum absolute atomic E-state index is 0.0603. The van der Waals surface area contributed by atoms with E-state index in [9.17, 15) is 4.79 Å². The molecule has 4 rings (SSSR count). The molecular formula is C25H25ClN2O3. The lowest BCUT2D eigenvalue weighted by molar-refractivity contribution is -0.117. The van der Waals surface area contributed by atoms with Gasteiger partial charge in [-0.3, -0.25) is 9.69 Å². The van der Waals surface area contributed by atoms with Gasteiger partial charge in [-0.05, 0) is 53.4 Å². The number of nitrogens with zero attached hydrogens (tertiary/aromatic N) is 1. The number of carbonyl (C=O) groups is 1. The van der Waals surface area contributed by atoms with Gasteiger partial charge in [-0.15, -0.1) is 0 Å². The first-order valence-electron chi connectivity index (χ1n) is 10.2. The molecule has 6 heteroatoms. The quantitative estimate of drug-likeness (QED) is 0.594. The third kappa shape index (κ3) is 4.68. The molecular weight excluding hydrogens is 412 g/mol. The van der Waals surface area contributed by atoms with Crippen molar-refractivity contribution in [3.63, 3.8) is 0 Å². The molecule has 0 radical (unpaired) electrons. The second-order valence-electron chi connectivity index (χ2n) is 7.50. The molecule has 5 nitrogen and oxygen atoms in total. The van der Waals surface area contributed by atoms with Crippen molar-refractivity contribution in [2.24, 2.45) is 0 Å². The Bertz CT molecular complexity index is 1070. The van der Waals surface area contributed by atoms with Crippen LogP contribution in [0.5, 0.6) is 11.5 Å².